The maximum Gasteiger partial charge on any atom is 0.126 e. The molecule has 0 unspecified atom stereocenters. The van der Waals surface area contributed by atoms with Crippen LogP contribution in [0.2, 0.25) is 0 Å². The van der Waals surface area contributed by atoms with Gasteiger partial charge in [0.05, 0.1) is 0 Å². The minimum Gasteiger partial charge on any atom is -0.507 e. The highest BCUT2D eigenvalue weighted by Gasteiger charge is 2.18. The Hall–Kier alpha value is -1.50. The van der Waals surface area contributed by atoms with E-state index in [0.717, 1.165) is 29.2 Å². The van der Waals surface area contributed by atoms with Gasteiger partial charge in [-0.2, -0.15) is 0 Å². The molecule has 1 heteroatoms. The molecule has 3 rings (SSSR count). The molecule has 0 heterocycles. The Morgan fingerprint density at radius 1 is 1.08 bits per heavy atom. The third-order valence-electron chi connectivity index (χ3n) is 2.86. The molecule has 64 valence electrons. The number of aryl methyl sites for hydroxylation is 1. The number of benzene rings is 2. The van der Waals surface area contributed by atoms with Gasteiger partial charge in [0.1, 0.15) is 5.75 Å². The first-order chi connectivity index (χ1) is 6.36. The number of phenols is 1. The first kappa shape index (κ1) is 6.96. The minimum absolute atomic E-state index is 0.499. The maximum absolute atomic E-state index is 9.89. The summed E-state index contributed by atoms with van der Waals surface area (Å²) in [5, 5.41) is 12.0. The van der Waals surface area contributed by atoms with Gasteiger partial charge in [0, 0.05) is 5.39 Å². The van der Waals surface area contributed by atoms with E-state index < -0.39 is 0 Å². The van der Waals surface area contributed by atoms with Crippen molar-refractivity contribution < 1.29 is 5.11 Å². The summed E-state index contributed by atoms with van der Waals surface area (Å²) in [7, 11) is 0. The van der Waals surface area contributed by atoms with Crippen molar-refractivity contribution in [3.8, 4) is 5.75 Å². The number of hydrogen-bond donors (Lipinski definition) is 1. The molecule has 0 bridgehead atoms. The molecule has 0 aromatic heterocycles. The second-order valence-electron chi connectivity index (χ2n) is 3.58. The summed E-state index contributed by atoms with van der Waals surface area (Å²) < 4.78 is 0. The summed E-state index contributed by atoms with van der Waals surface area (Å²) in [6.07, 6.45) is 2.15. The summed E-state index contributed by atoms with van der Waals surface area (Å²) in [5.41, 5.74) is 2.47. The van der Waals surface area contributed by atoms with Crippen molar-refractivity contribution in [3.05, 3.63) is 41.5 Å². The molecular formula is C12H10O. The van der Waals surface area contributed by atoms with Crippen molar-refractivity contribution in [2.75, 3.05) is 0 Å². The van der Waals surface area contributed by atoms with Crippen LogP contribution in [0.1, 0.15) is 11.1 Å². The third kappa shape index (κ3) is 0.816. The summed E-state index contributed by atoms with van der Waals surface area (Å²) in [6, 6.07) is 10.2. The lowest BCUT2D eigenvalue weighted by Gasteiger charge is -2.21. The molecule has 13 heavy (non-hydrogen) atoms. The molecule has 0 aliphatic heterocycles. The fourth-order valence-electron chi connectivity index (χ4n) is 2.01. The normalized spacial score (nSPS) is 13.8. The van der Waals surface area contributed by atoms with Gasteiger partial charge in [0.15, 0.2) is 0 Å². The van der Waals surface area contributed by atoms with Crippen molar-refractivity contribution in [1.82, 2.24) is 0 Å². The molecule has 0 saturated carbocycles. The highest BCUT2D eigenvalue weighted by Crippen LogP contribution is 2.37. The second kappa shape index (κ2) is 2.25. The Bertz CT molecular complexity index is 486. The molecule has 1 nitrogen and oxygen atoms in total. The minimum atomic E-state index is 0.499. The highest BCUT2D eigenvalue weighted by atomic mass is 16.3. The number of rotatable bonds is 0. The molecule has 1 N–H and O–H groups in total. The van der Waals surface area contributed by atoms with Crippen LogP contribution >= 0.6 is 0 Å². The van der Waals surface area contributed by atoms with Crippen LogP contribution in [0.3, 0.4) is 0 Å². The lowest BCUT2D eigenvalue weighted by molar-refractivity contribution is 0.468. The fourth-order valence-corrected chi connectivity index (χ4v) is 2.01. The lowest BCUT2D eigenvalue weighted by Crippen LogP contribution is -2.08. The summed E-state index contributed by atoms with van der Waals surface area (Å²) in [4.78, 5) is 0. The molecule has 1 aliphatic carbocycles. The van der Waals surface area contributed by atoms with Crippen LogP contribution in [0.5, 0.6) is 5.75 Å². The monoisotopic (exact) mass is 170 g/mol. The van der Waals surface area contributed by atoms with Gasteiger partial charge in [-0.25, -0.2) is 0 Å². The first-order valence-corrected chi connectivity index (χ1v) is 4.59. The van der Waals surface area contributed by atoms with Gasteiger partial charge in [-0.05, 0) is 29.4 Å². The zero-order valence-electron chi connectivity index (χ0n) is 7.25. The van der Waals surface area contributed by atoms with Crippen molar-refractivity contribution in [2.24, 2.45) is 0 Å². The molecule has 0 amide bonds. The molecule has 2 aromatic carbocycles. The Labute approximate surface area is 76.6 Å². The van der Waals surface area contributed by atoms with Gasteiger partial charge >= 0.3 is 0 Å². The van der Waals surface area contributed by atoms with Crippen molar-refractivity contribution in [2.45, 2.75) is 12.8 Å². The number of hydrogen-bond acceptors (Lipinski definition) is 1. The quantitative estimate of drug-likeness (QED) is 0.644. The standard InChI is InChI=1S/C12H10O/c13-12-10-4-2-1-3-8(10)7-9-5-6-11(9)12/h1-4,7,13H,5-6H2. The highest BCUT2D eigenvalue weighted by molar-refractivity contribution is 5.91. The molecule has 0 radical (unpaired) electrons. The predicted octanol–water partition coefficient (Wildman–Crippen LogP) is 2.64. The Morgan fingerprint density at radius 3 is 2.69 bits per heavy atom. The van der Waals surface area contributed by atoms with Crippen LogP contribution < -0.4 is 0 Å². The van der Waals surface area contributed by atoms with Gasteiger partial charge in [0.25, 0.3) is 0 Å². The third-order valence-corrected chi connectivity index (χ3v) is 2.86. The van der Waals surface area contributed by atoms with Gasteiger partial charge < -0.3 is 5.11 Å². The smallest absolute Gasteiger partial charge is 0.126 e. The van der Waals surface area contributed by atoms with Crippen LogP contribution in [-0.2, 0) is 12.8 Å². The lowest BCUT2D eigenvalue weighted by atomic mass is 9.85. The second-order valence-corrected chi connectivity index (χ2v) is 3.58. The van der Waals surface area contributed by atoms with E-state index in [9.17, 15) is 5.11 Å². The van der Waals surface area contributed by atoms with E-state index in [4.69, 9.17) is 0 Å². The first-order valence-electron chi connectivity index (χ1n) is 4.59. The Morgan fingerprint density at radius 2 is 1.92 bits per heavy atom. The van der Waals surface area contributed by atoms with Crippen LogP contribution in [-0.4, -0.2) is 5.11 Å². The summed E-state index contributed by atoms with van der Waals surface area (Å²) in [6.45, 7) is 0. The molecule has 0 atom stereocenters. The average Bonchev–Trinajstić information content (AvgIpc) is 2.11. The zero-order valence-corrected chi connectivity index (χ0v) is 7.25. The van der Waals surface area contributed by atoms with Crippen molar-refractivity contribution >= 4 is 10.8 Å². The topological polar surface area (TPSA) is 20.2 Å². The van der Waals surface area contributed by atoms with E-state index in [1.54, 1.807) is 0 Å². The van der Waals surface area contributed by atoms with Crippen LogP contribution in [0.15, 0.2) is 30.3 Å². The van der Waals surface area contributed by atoms with E-state index in [1.807, 2.05) is 24.3 Å². The largest absolute Gasteiger partial charge is 0.507 e. The van der Waals surface area contributed by atoms with Gasteiger partial charge in [-0.1, -0.05) is 30.3 Å². The van der Waals surface area contributed by atoms with Crippen molar-refractivity contribution in [1.29, 1.82) is 0 Å². The zero-order chi connectivity index (χ0) is 8.84. The number of aromatic hydroxyl groups is 1. The van der Waals surface area contributed by atoms with Crippen molar-refractivity contribution in [3.63, 3.8) is 0 Å². The van der Waals surface area contributed by atoms with E-state index >= 15 is 0 Å². The predicted molar refractivity (Wildman–Crippen MR) is 53.0 cm³/mol. The summed E-state index contributed by atoms with van der Waals surface area (Å²) in [5.74, 6) is 0.499. The van der Waals surface area contributed by atoms with E-state index in [1.165, 1.54) is 5.56 Å². The molecule has 2 aromatic rings. The van der Waals surface area contributed by atoms with Gasteiger partial charge in [-0.15, -0.1) is 0 Å². The SMILES string of the molecule is Oc1c2c(cc3ccccc13)CC2. The van der Waals surface area contributed by atoms with E-state index in [-0.39, 0.29) is 0 Å². The Kier molecular flexibility index (Phi) is 1.21. The van der Waals surface area contributed by atoms with Crippen LogP contribution in [0, 0.1) is 0 Å². The average molecular weight is 170 g/mol. The van der Waals surface area contributed by atoms with Gasteiger partial charge in [0.2, 0.25) is 0 Å². The van der Waals surface area contributed by atoms with E-state index in [2.05, 4.69) is 6.07 Å². The van der Waals surface area contributed by atoms with Crippen LogP contribution in [0.25, 0.3) is 10.8 Å². The fraction of sp³-hybridized carbons (Fsp3) is 0.167. The molecule has 0 fully saturated rings. The molecular weight excluding hydrogens is 160 g/mol. The van der Waals surface area contributed by atoms with E-state index in [0.29, 0.717) is 5.75 Å². The molecule has 1 aliphatic rings. The maximum atomic E-state index is 9.89. The number of fused-ring (bicyclic) bond motifs is 2. The molecule has 0 spiro atoms. The summed E-state index contributed by atoms with van der Waals surface area (Å²) >= 11 is 0. The Balaban J connectivity index is 2.49. The van der Waals surface area contributed by atoms with Crippen LogP contribution in [0.4, 0.5) is 0 Å². The number of phenolic OH excluding ortho intramolecular Hbond substituents is 1. The molecule has 0 saturated heterocycles. The van der Waals surface area contributed by atoms with Gasteiger partial charge in [-0.3, -0.25) is 0 Å².